The number of pyridine rings is 1. The Kier molecular flexibility index (Phi) is 5.65. The molecule has 0 saturated heterocycles. The van der Waals surface area contributed by atoms with Crippen molar-refractivity contribution in [2.45, 2.75) is 26.2 Å². The number of carbonyl (C=O) groups is 2. The standard InChI is InChI=1S/C24H24N2O4/c1-15-10-11-21-19(12-15)23(18-8-3-4-9-20(18)26-21)24(28)30-14-22(27)25-16-6-5-7-17(13-16)29-2/h3-9,13,15H,10-12,14H2,1-2H3,(H,25,27)/t15-/m0/s1. The van der Waals surface area contributed by atoms with Crippen molar-refractivity contribution in [3.8, 4) is 5.75 Å². The number of amides is 1. The summed E-state index contributed by atoms with van der Waals surface area (Å²) in [7, 11) is 1.56. The van der Waals surface area contributed by atoms with Crippen LogP contribution in [0.5, 0.6) is 5.75 Å². The number of hydrogen-bond acceptors (Lipinski definition) is 5. The lowest BCUT2D eigenvalue weighted by Gasteiger charge is -2.24. The second-order valence-electron chi connectivity index (χ2n) is 7.63. The molecule has 1 aliphatic carbocycles. The van der Waals surface area contributed by atoms with E-state index in [1.54, 1.807) is 31.4 Å². The number of rotatable bonds is 5. The van der Waals surface area contributed by atoms with Gasteiger partial charge in [0.25, 0.3) is 5.91 Å². The first-order chi connectivity index (χ1) is 14.5. The fourth-order valence-electron chi connectivity index (χ4n) is 3.90. The van der Waals surface area contributed by atoms with Crippen molar-refractivity contribution >= 4 is 28.5 Å². The van der Waals surface area contributed by atoms with Gasteiger partial charge in [-0.25, -0.2) is 4.79 Å². The van der Waals surface area contributed by atoms with E-state index in [0.29, 0.717) is 22.9 Å². The van der Waals surface area contributed by atoms with Crippen molar-refractivity contribution in [3.63, 3.8) is 0 Å². The van der Waals surface area contributed by atoms with Gasteiger partial charge in [0, 0.05) is 22.8 Å². The molecule has 0 unspecified atom stereocenters. The third-order valence-corrected chi connectivity index (χ3v) is 5.40. The first kappa shape index (κ1) is 19.9. The summed E-state index contributed by atoms with van der Waals surface area (Å²) in [6.07, 6.45) is 2.68. The number of methoxy groups -OCH3 is 1. The summed E-state index contributed by atoms with van der Waals surface area (Å²) in [5.41, 5.74) is 3.80. The second kappa shape index (κ2) is 8.53. The van der Waals surface area contributed by atoms with Crippen LogP contribution in [0.1, 0.15) is 35.0 Å². The average molecular weight is 404 g/mol. The van der Waals surface area contributed by atoms with Crippen LogP contribution in [-0.2, 0) is 22.4 Å². The van der Waals surface area contributed by atoms with Crippen molar-refractivity contribution in [1.82, 2.24) is 4.98 Å². The third kappa shape index (κ3) is 4.13. The van der Waals surface area contributed by atoms with Crippen molar-refractivity contribution < 1.29 is 19.1 Å². The van der Waals surface area contributed by atoms with E-state index in [2.05, 4.69) is 12.2 Å². The molecule has 2 aromatic carbocycles. The highest BCUT2D eigenvalue weighted by Crippen LogP contribution is 2.32. The summed E-state index contributed by atoms with van der Waals surface area (Å²) in [6, 6.07) is 14.6. The lowest BCUT2D eigenvalue weighted by molar-refractivity contribution is -0.119. The molecule has 4 rings (SSSR count). The van der Waals surface area contributed by atoms with Crippen LogP contribution >= 0.6 is 0 Å². The third-order valence-electron chi connectivity index (χ3n) is 5.40. The summed E-state index contributed by atoms with van der Waals surface area (Å²) < 4.78 is 10.6. The molecule has 1 N–H and O–H groups in total. The van der Waals surface area contributed by atoms with Crippen LogP contribution in [-0.4, -0.2) is 30.6 Å². The number of hydrogen-bond donors (Lipinski definition) is 1. The van der Waals surface area contributed by atoms with Crippen LogP contribution in [0.15, 0.2) is 48.5 Å². The molecule has 0 spiro atoms. The van der Waals surface area contributed by atoms with E-state index in [1.807, 2.05) is 24.3 Å². The fraction of sp³-hybridized carbons (Fsp3) is 0.292. The Bertz CT molecular complexity index is 1110. The molecule has 1 aromatic heterocycles. The number of nitrogens with one attached hydrogen (secondary N) is 1. The molecular weight excluding hydrogens is 380 g/mol. The predicted molar refractivity (Wildman–Crippen MR) is 115 cm³/mol. The Labute approximate surface area is 175 Å². The minimum absolute atomic E-state index is 0.364. The number of benzene rings is 2. The van der Waals surface area contributed by atoms with Gasteiger partial charge in [0.1, 0.15) is 5.75 Å². The van der Waals surface area contributed by atoms with Crippen molar-refractivity contribution in [1.29, 1.82) is 0 Å². The zero-order chi connectivity index (χ0) is 21.1. The number of anilines is 1. The summed E-state index contributed by atoms with van der Waals surface area (Å²) in [6.45, 7) is 1.81. The van der Waals surface area contributed by atoms with Gasteiger partial charge in [-0.15, -0.1) is 0 Å². The molecule has 1 atom stereocenters. The molecule has 1 aliphatic rings. The number of aromatic nitrogens is 1. The van der Waals surface area contributed by atoms with Gasteiger partial charge in [0.15, 0.2) is 6.61 Å². The lowest BCUT2D eigenvalue weighted by Crippen LogP contribution is -2.23. The van der Waals surface area contributed by atoms with E-state index in [0.717, 1.165) is 41.4 Å². The molecule has 6 heteroatoms. The average Bonchev–Trinajstić information content (AvgIpc) is 2.76. The number of fused-ring (bicyclic) bond motifs is 2. The number of ether oxygens (including phenoxy) is 2. The maximum absolute atomic E-state index is 13.0. The SMILES string of the molecule is COc1cccc(NC(=O)COC(=O)c2c3c(nc4ccccc24)CC[C@H](C)C3)c1. The highest BCUT2D eigenvalue weighted by atomic mass is 16.5. The van der Waals surface area contributed by atoms with Crippen LogP contribution in [0, 0.1) is 5.92 Å². The number of para-hydroxylation sites is 1. The van der Waals surface area contributed by atoms with Crippen LogP contribution in [0.25, 0.3) is 10.9 Å². The van der Waals surface area contributed by atoms with Crippen molar-refractivity contribution in [2.75, 3.05) is 19.0 Å². The molecule has 30 heavy (non-hydrogen) atoms. The highest BCUT2D eigenvalue weighted by Gasteiger charge is 2.26. The molecule has 6 nitrogen and oxygen atoms in total. The molecule has 154 valence electrons. The lowest BCUT2D eigenvalue weighted by atomic mass is 9.84. The van der Waals surface area contributed by atoms with Crippen LogP contribution < -0.4 is 10.1 Å². The number of carbonyl (C=O) groups excluding carboxylic acids is 2. The summed E-state index contributed by atoms with van der Waals surface area (Å²) in [4.78, 5) is 30.1. The maximum Gasteiger partial charge on any atom is 0.339 e. The number of nitrogens with zero attached hydrogens (tertiary/aromatic N) is 1. The van der Waals surface area contributed by atoms with E-state index >= 15 is 0 Å². The maximum atomic E-state index is 13.0. The first-order valence-electron chi connectivity index (χ1n) is 10.1. The molecule has 3 aromatic rings. The molecule has 0 fully saturated rings. The van der Waals surface area contributed by atoms with Gasteiger partial charge < -0.3 is 14.8 Å². The zero-order valence-corrected chi connectivity index (χ0v) is 17.1. The zero-order valence-electron chi connectivity index (χ0n) is 17.1. The monoisotopic (exact) mass is 404 g/mol. The molecule has 0 bridgehead atoms. The normalized spacial score (nSPS) is 15.3. The summed E-state index contributed by atoms with van der Waals surface area (Å²) in [5.74, 6) is 0.217. The van der Waals surface area contributed by atoms with E-state index in [-0.39, 0.29) is 6.61 Å². The Balaban J connectivity index is 1.54. The second-order valence-corrected chi connectivity index (χ2v) is 7.63. The van der Waals surface area contributed by atoms with Gasteiger partial charge in [-0.3, -0.25) is 9.78 Å². The molecular formula is C24H24N2O4. The largest absolute Gasteiger partial charge is 0.497 e. The minimum Gasteiger partial charge on any atom is -0.497 e. The van der Waals surface area contributed by atoms with Crippen LogP contribution in [0.4, 0.5) is 5.69 Å². The van der Waals surface area contributed by atoms with Gasteiger partial charge >= 0.3 is 5.97 Å². The van der Waals surface area contributed by atoms with Crippen LogP contribution in [0.3, 0.4) is 0 Å². The topological polar surface area (TPSA) is 77.5 Å². The molecule has 0 saturated carbocycles. The van der Waals surface area contributed by atoms with Crippen molar-refractivity contribution in [3.05, 3.63) is 65.4 Å². The van der Waals surface area contributed by atoms with E-state index in [1.165, 1.54) is 0 Å². The minimum atomic E-state index is -0.486. The van der Waals surface area contributed by atoms with Gasteiger partial charge in [-0.05, 0) is 48.9 Å². The van der Waals surface area contributed by atoms with E-state index < -0.39 is 11.9 Å². The van der Waals surface area contributed by atoms with Crippen molar-refractivity contribution in [2.24, 2.45) is 5.92 Å². The summed E-state index contributed by atoms with van der Waals surface area (Å²) >= 11 is 0. The Hall–Kier alpha value is -3.41. The number of aryl methyl sites for hydroxylation is 1. The molecule has 1 amide bonds. The Morgan fingerprint density at radius 1 is 1.17 bits per heavy atom. The van der Waals surface area contributed by atoms with Crippen LogP contribution in [0.2, 0.25) is 0 Å². The molecule has 0 aliphatic heterocycles. The molecule has 1 heterocycles. The fourth-order valence-corrected chi connectivity index (χ4v) is 3.90. The Morgan fingerprint density at radius 3 is 2.83 bits per heavy atom. The Morgan fingerprint density at radius 2 is 2.00 bits per heavy atom. The quantitative estimate of drug-likeness (QED) is 0.646. The summed E-state index contributed by atoms with van der Waals surface area (Å²) in [5, 5.41) is 3.49. The van der Waals surface area contributed by atoms with Gasteiger partial charge in [-0.2, -0.15) is 0 Å². The van der Waals surface area contributed by atoms with Gasteiger partial charge in [-0.1, -0.05) is 31.2 Å². The predicted octanol–water partition coefficient (Wildman–Crippen LogP) is 4.16. The number of esters is 1. The smallest absolute Gasteiger partial charge is 0.339 e. The van der Waals surface area contributed by atoms with Gasteiger partial charge in [0.2, 0.25) is 0 Å². The van der Waals surface area contributed by atoms with E-state index in [4.69, 9.17) is 14.5 Å². The molecule has 0 radical (unpaired) electrons. The first-order valence-corrected chi connectivity index (χ1v) is 10.1. The highest BCUT2D eigenvalue weighted by molar-refractivity contribution is 6.06. The van der Waals surface area contributed by atoms with E-state index in [9.17, 15) is 9.59 Å². The van der Waals surface area contributed by atoms with Gasteiger partial charge in [0.05, 0.1) is 18.2 Å².